The average molecular weight is 330 g/mol. The van der Waals surface area contributed by atoms with E-state index in [1.54, 1.807) is 6.07 Å². The predicted octanol–water partition coefficient (Wildman–Crippen LogP) is 3.89. The Kier molecular flexibility index (Phi) is 3.93. The Morgan fingerprint density at radius 1 is 1.39 bits per heavy atom. The fourth-order valence-electron chi connectivity index (χ4n) is 1.34. The maximum Gasteiger partial charge on any atom is 0.255 e. The first-order valence-corrected chi connectivity index (χ1v) is 6.12. The van der Waals surface area contributed by atoms with Crippen LogP contribution in [0.15, 0.2) is 41.1 Å². The fourth-order valence-corrected chi connectivity index (χ4v) is 1.88. The van der Waals surface area contributed by atoms with Gasteiger partial charge in [-0.05, 0) is 40.2 Å². The van der Waals surface area contributed by atoms with E-state index < -0.39 is 11.7 Å². The minimum Gasteiger partial charge on any atom is -0.319 e. The Labute approximate surface area is 116 Å². The van der Waals surface area contributed by atoms with E-state index in [0.29, 0.717) is 10.2 Å². The maximum atomic E-state index is 13.6. The number of anilines is 1. The smallest absolute Gasteiger partial charge is 0.255 e. The van der Waals surface area contributed by atoms with Crippen molar-refractivity contribution in [3.05, 3.63) is 57.5 Å². The van der Waals surface area contributed by atoms with Gasteiger partial charge in [-0.2, -0.15) is 0 Å². The number of rotatable bonds is 2. The predicted molar refractivity (Wildman–Crippen MR) is 71.3 cm³/mol. The molecule has 1 heterocycles. The summed E-state index contributed by atoms with van der Waals surface area (Å²) >= 11 is 8.78. The number of amides is 1. The van der Waals surface area contributed by atoms with Crippen LogP contribution in [0.25, 0.3) is 0 Å². The number of nitrogens with one attached hydrogen (secondary N) is 1. The molecule has 0 aliphatic carbocycles. The quantitative estimate of drug-likeness (QED) is 0.849. The molecule has 0 aliphatic rings. The van der Waals surface area contributed by atoms with Gasteiger partial charge in [0.2, 0.25) is 0 Å². The Morgan fingerprint density at radius 2 is 2.17 bits per heavy atom. The normalized spacial score (nSPS) is 10.2. The standard InChI is InChI=1S/C12H7BrClFN2O/c13-10-6-7(4-5-16-10)12(18)17-9-3-1-2-8(14)11(9)15/h1-6H,(H,17,18). The van der Waals surface area contributed by atoms with Gasteiger partial charge in [0, 0.05) is 11.8 Å². The summed E-state index contributed by atoms with van der Waals surface area (Å²) in [4.78, 5) is 15.8. The van der Waals surface area contributed by atoms with Crippen molar-refractivity contribution in [3.8, 4) is 0 Å². The van der Waals surface area contributed by atoms with Crippen molar-refractivity contribution in [2.45, 2.75) is 0 Å². The number of halogens is 3. The van der Waals surface area contributed by atoms with E-state index >= 15 is 0 Å². The Bertz CT molecular complexity index is 606. The van der Waals surface area contributed by atoms with Crippen LogP contribution >= 0.6 is 27.5 Å². The number of aromatic nitrogens is 1. The zero-order chi connectivity index (χ0) is 13.1. The van der Waals surface area contributed by atoms with Crippen LogP contribution in [0.4, 0.5) is 10.1 Å². The number of nitrogens with zero attached hydrogens (tertiary/aromatic N) is 1. The fraction of sp³-hybridized carbons (Fsp3) is 0. The van der Waals surface area contributed by atoms with Gasteiger partial charge in [-0.15, -0.1) is 0 Å². The molecule has 3 nitrogen and oxygen atoms in total. The minimum absolute atomic E-state index is 0.0382. The topological polar surface area (TPSA) is 42.0 Å². The molecule has 2 rings (SSSR count). The summed E-state index contributed by atoms with van der Waals surface area (Å²) in [7, 11) is 0. The highest BCUT2D eigenvalue weighted by Crippen LogP contribution is 2.22. The molecule has 1 aromatic carbocycles. The first kappa shape index (κ1) is 13.0. The third-order valence-corrected chi connectivity index (χ3v) is 2.91. The van der Waals surface area contributed by atoms with Crippen LogP contribution in [-0.4, -0.2) is 10.9 Å². The van der Waals surface area contributed by atoms with Crippen molar-refractivity contribution >= 4 is 39.1 Å². The van der Waals surface area contributed by atoms with Crippen molar-refractivity contribution in [2.75, 3.05) is 5.32 Å². The molecular formula is C12H7BrClFN2O. The Balaban J connectivity index is 2.24. The SMILES string of the molecule is O=C(Nc1cccc(Cl)c1F)c1ccnc(Br)c1. The van der Waals surface area contributed by atoms with Gasteiger partial charge in [0.15, 0.2) is 5.82 Å². The van der Waals surface area contributed by atoms with Gasteiger partial charge in [0.05, 0.1) is 10.7 Å². The van der Waals surface area contributed by atoms with Gasteiger partial charge < -0.3 is 5.32 Å². The molecule has 1 aromatic heterocycles. The van der Waals surface area contributed by atoms with Crippen molar-refractivity contribution in [1.82, 2.24) is 4.98 Å². The van der Waals surface area contributed by atoms with E-state index in [2.05, 4.69) is 26.2 Å². The van der Waals surface area contributed by atoms with E-state index in [9.17, 15) is 9.18 Å². The molecule has 1 N–H and O–H groups in total. The highest BCUT2D eigenvalue weighted by Gasteiger charge is 2.11. The highest BCUT2D eigenvalue weighted by atomic mass is 79.9. The van der Waals surface area contributed by atoms with Gasteiger partial charge >= 0.3 is 0 Å². The van der Waals surface area contributed by atoms with Gasteiger partial charge in [-0.3, -0.25) is 4.79 Å². The van der Waals surface area contributed by atoms with E-state index in [0.717, 1.165) is 0 Å². The molecule has 18 heavy (non-hydrogen) atoms. The summed E-state index contributed by atoms with van der Waals surface area (Å²) in [6.07, 6.45) is 1.48. The molecule has 92 valence electrons. The van der Waals surface area contributed by atoms with Crippen molar-refractivity contribution in [2.24, 2.45) is 0 Å². The Hall–Kier alpha value is -1.46. The summed E-state index contributed by atoms with van der Waals surface area (Å²) in [5.41, 5.74) is 0.414. The monoisotopic (exact) mass is 328 g/mol. The molecule has 0 bridgehead atoms. The van der Waals surface area contributed by atoms with Gasteiger partial charge in [0.25, 0.3) is 5.91 Å². The summed E-state index contributed by atoms with van der Waals surface area (Å²) < 4.78 is 14.1. The maximum absolute atomic E-state index is 13.6. The second kappa shape index (κ2) is 5.46. The van der Waals surface area contributed by atoms with Crippen LogP contribution < -0.4 is 5.32 Å². The molecule has 0 atom stereocenters. The van der Waals surface area contributed by atoms with E-state index in [-0.39, 0.29) is 10.7 Å². The lowest BCUT2D eigenvalue weighted by Crippen LogP contribution is -2.13. The summed E-state index contributed by atoms with van der Waals surface area (Å²) in [5.74, 6) is -1.08. The number of hydrogen-bond donors (Lipinski definition) is 1. The second-order valence-electron chi connectivity index (χ2n) is 3.42. The van der Waals surface area contributed by atoms with E-state index in [4.69, 9.17) is 11.6 Å². The van der Waals surface area contributed by atoms with Crippen molar-refractivity contribution in [3.63, 3.8) is 0 Å². The molecule has 0 radical (unpaired) electrons. The first-order valence-electron chi connectivity index (χ1n) is 4.95. The molecule has 0 saturated carbocycles. The molecule has 0 aliphatic heterocycles. The average Bonchev–Trinajstić information content (AvgIpc) is 2.35. The molecular weight excluding hydrogens is 322 g/mol. The number of hydrogen-bond acceptors (Lipinski definition) is 2. The second-order valence-corrected chi connectivity index (χ2v) is 4.64. The lowest BCUT2D eigenvalue weighted by atomic mass is 10.2. The highest BCUT2D eigenvalue weighted by molar-refractivity contribution is 9.10. The van der Waals surface area contributed by atoms with Crippen LogP contribution in [0.3, 0.4) is 0 Å². The van der Waals surface area contributed by atoms with Crippen LogP contribution in [0.1, 0.15) is 10.4 Å². The third-order valence-electron chi connectivity index (χ3n) is 2.19. The lowest BCUT2D eigenvalue weighted by molar-refractivity contribution is 0.102. The van der Waals surface area contributed by atoms with Crippen molar-refractivity contribution in [1.29, 1.82) is 0 Å². The molecule has 2 aromatic rings. The zero-order valence-electron chi connectivity index (χ0n) is 8.95. The number of carbonyl (C=O) groups excluding carboxylic acids is 1. The van der Waals surface area contributed by atoms with Crippen LogP contribution in [-0.2, 0) is 0 Å². The summed E-state index contributed by atoms with van der Waals surface area (Å²) in [6, 6.07) is 7.48. The summed E-state index contributed by atoms with van der Waals surface area (Å²) in [5, 5.41) is 2.41. The van der Waals surface area contributed by atoms with Gasteiger partial charge in [0.1, 0.15) is 4.60 Å². The minimum atomic E-state index is -0.652. The van der Waals surface area contributed by atoms with Gasteiger partial charge in [-0.1, -0.05) is 17.7 Å². The molecule has 1 amide bonds. The molecule has 0 fully saturated rings. The number of pyridine rings is 1. The summed E-state index contributed by atoms with van der Waals surface area (Å²) in [6.45, 7) is 0. The van der Waals surface area contributed by atoms with Crippen LogP contribution in [0, 0.1) is 5.82 Å². The first-order chi connectivity index (χ1) is 8.58. The molecule has 0 unspecified atom stereocenters. The molecule has 6 heteroatoms. The van der Waals surface area contributed by atoms with Crippen LogP contribution in [0.5, 0.6) is 0 Å². The van der Waals surface area contributed by atoms with Gasteiger partial charge in [-0.25, -0.2) is 9.37 Å². The van der Waals surface area contributed by atoms with Crippen molar-refractivity contribution < 1.29 is 9.18 Å². The van der Waals surface area contributed by atoms with E-state index in [1.165, 1.54) is 30.5 Å². The molecule has 0 spiro atoms. The zero-order valence-corrected chi connectivity index (χ0v) is 11.3. The molecule has 0 saturated heterocycles. The number of carbonyl (C=O) groups is 1. The van der Waals surface area contributed by atoms with E-state index in [1.807, 2.05) is 0 Å². The largest absolute Gasteiger partial charge is 0.319 e. The third kappa shape index (κ3) is 2.86. The number of benzene rings is 1. The van der Waals surface area contributed by atoms with Crippen LogP contribution in [0.2, 0.25) is 5.02 Å². The lowest BCUT2D eigenvalue weighted by Gasteiger charge is -2.07. The Morgan fingerprint density at radius 3 is 2.89 bits per heavy atom.